The molecule has 7 heteroatoms. The van der Waals surface area contributed by atoms with Crippen molar-refractivity contribution in [2.75, 3.05) is 5.32 Å². The maximum Gasteiger partial charge on any atom is 0.271 e. The molecule has 1 N–H and O–H groups in total. The summed E-state index contributed by atoms with van der Waals surface area (Å²) in [6.07, 6.45) is 0.142. The Morgan fingerprint density at radius 3 is 2.42 bits per heavy atom. The number of benzene rings is 3. The Morgan fingerprint density at radius 2 is 1.71 bits per heavy atom. The van der Waals surface area contributed by atoms with Gasteiger partial charge in [0, 0.05) is 23.2 Å². The summed E-state index contributed by atoms with van der Waals surface area (Å²) in [5.74, 6) is -0.606. The average Bonchev–Trinajstić information content (AvgIpc) is 3.18. The third-order valence-electron chi connectivity index (χ3n) is 4.99. The third kappa shape index (κ3) is 4.55. The lowest BCUT2D eigenvalue weighted by molar-refractivity contribution is -0.135. The summed E-state index contributed by atoms with van der Waals surface area (Å²) in [5, 5.41) is 6.70. The largest absolute Gasteiger partial charge is 0.489 e. The van der Waals surface area contributed by atoms with Crippen LogP contribution >= 0.6 is 0 Å². The summed E-state index contributed by atoms with van der Waals surface area (Å²) in [6.45, 7) is 1.70. The maximum absolute atomic E-state index is 14.0. The molecule has 31 heavy (non-hydrogen) atoms. The molecular weight excluding hydrogens is 402 g/mol. The van der Waals surface area contributed by atoms with Crippen molar-refractivity contribution in [1.82, 2.24) is 0 Å². The number of anilines is 1. The Bertz CT molecular complexity index is 1130. The number of nitrogens with one attached hydrogen (secondary N) is 1. The van der Waals surface area contributed by atoms with Gasteiger partial charge in [0.15, 0.2) is 0 Å². The summed E-state index contributed by atoms with van der Waals surface area (Å²) >= 11 is 0. The van der Waals surface area contributed by atoms with Crippen molar-refractivity contribution in [1.29, 1.82) is 0 Å². The molecule has 4 rings (SSSR count). The van der Waals surface area contributed by atoms with Gasteiger partial charge in [-0.1, -0.05) is 41.6 Å². The fourth-order valence-electron chi connectivity index (χ4n) is 3.18. The van der Waals surface area contributed by atoms with Gasteiger partial charge in [0.1, 0.15) is 24.0 Å². The second-order valence-corrected chi connectivity index (χ2v) is 7.38. The Balaban J connectivity index is 1.35. The van der Waals surface area contributed by atoms with E-state index < -0.39 is 17.3 Å². The van der Waals surface area contributed by atoms with Crippen LogP contribution in [0.25, 0.3) is 0 Å². The Morgan fingerprint density at radius 1 is 1.03 bits per heavy atom. The number of ether oxygens (including phenoxy) is 1. The van der Waals surface area contributed by atoms with E-state index in [9.17, 15) is 13.6 Å². The lowest BCUT2D eigenvalue weighted by Crippen LogP contribution is -2.40. The fraction of sp³-hybridized carbons (Fsp3) is 0.167. The quantitative estimate of drug-likeness (QED) is 0.604. The molecule has 0 spiro atoms. The van der Waals surface area contributed by atoms with Crippen LogP contribution < -0.4 is 10.1 Å². The van der Waals surface area contributed by atoms with Gasteiger partial charge in [-0.2, -0.15) is 0 Å². The van der Waals surface area contributed by atoms with Gasteiger partial charge in [-0.3, -0.25) is 4.79 Å². The van der Waals surface area contributed by atoms with Crippen LogP contribution in [0.5, 0.6) is 5.75 Å². The van der Waals surface area contributed by atoms with Crippen LogP contribution in [0.4, 0.5) is 14.5 Å². The van der Waals surface area contributed by atoms with Gasteiger partial charge >= 0.3 is 0 Å². The van der Waals surface area contributed by atoms with E-state index in [1.54, 1.807) is 67.6 Å². The van der Waals surface area contributed by atoms with Crippen LogP contribution in [0.3, 0.4) is 0 Å². The molecule has 1 heterocycles. The number of carbonyl (C=O) groups is 1. The smallest absolute Gasteiger partial charge is 0.271 e. The van der Waals surface area contributed by atoms with Crippen LogP contribution in [0.15, 0.2) is 78.0 Å². The number of rotatable bonds is 6. The molecule has 0 bridgehead atoms. The van der Waals surface area contributed by atoms with Crippen molar-refractivity contribution < 1.29 is 23.1 Å². The normalized spacial score (nSPS) is 17.6. The number of nitrogens with zero attached hydrogens (tertiary/aromatic N) is 1. The molecule has 158 valence electrons. The van der Waals surface area contributed by atoms with E-state index in [-0.39, 0.29) is 18.8 Å². The molecule has 3 aromatic carbocycles. The van der Waals surface area contributed by atoms with E-state index in [0.29, 0.717) is 28.3 Å². The van der Waals surface area contributed by atoms with E-state index in [1.165, 1.54) is 12.1 Å². The van der Waals surface area contributed by atoms with E-state index in [4.69, 9.17) is 9.57 Å². The van der Waals surface area contributed by atoms with Crippen LogP contribution in [-0.4, -0.2) is 17.2 Å². The Kier molecular flexibility index (Phi) is 5.66. The molecule has 0 radical (unpaired) electrons. The molecule has 1 unspecified atom stereocenters. The monoisotopic (exact) mass is 422 g/mol. The number of carbonyl (C=O) groups excluding carboxylic acids is 1. The lowest BCUT2D eigenvalue weighted by Gasteiger charge is -2.20. The predicted molar refractivity (Wildman–Crippen MR) is 113 cm³/mol. The second-order valence-electron chi connectivity index (χ2n) is 7.38. The zero-order chi connectivity index (χ0) is 21.8. The molecule has 1 aliphatic rings. The van der Waals surface area contributed by atoms with Crippen LogP contribution in [0, 0.1) is 11.6 Å². The van der Waals surface area contributed by atoms with Gasteiger partial charge in [0.2, 0.25) is 5.60 Å². The molecular formula is C24H20F2N2O3. The summed E-state index contributed by atoms with van der Waals surface area (Å²) < 4.78 is 33.3. The average molecular weight is 422 g/mol. The molecule has 1 aliphatic heterocycles. The highest BCUT2D eigenvalue weighted by molar-refractivity contribution is 6.08. The predicted octanol–water partition coefficient (Wildman–Crippen LogP) is 5.07. The molecule has 1 atom stereocenters. The van der Waals surface area contributed by atoms with Gasteiger partial charge in [-0.05, 0) is 43.3 Å². The van der Waals surface area contributed by atoms with Gasteiger partial charge in [-0.25, -0.2) is 8.78 Å². The highest BCUT2D eigenvalue weighted by Crippen LogP contribution is 2.29. The van der Waals surface area contributed by atoms with E-state index in [2.05, 4.69) is 10.5 Å². The van der Waals surface area contributed by atoms with E-state index >= 15 is 0 Å². The maximum atomic E-state index is 14.0. The van der Waals surface area contributed by atoms with Gasteiger partial charge < -0.3 is 14.9 Å². The molecule has 0 fully saturated rings. The standard InChI is InChI=1S/C24H20F2N2O3/c1-24(14-22(28-31-24)19-7-3-5-9-21(19)26)23(29)27-17-10-12-18(13-11-17)30-15-16-6-2-4-8-20(16)25/h2-13H,14-15H2,1H3,(H,27,29). The minimum atomic E-state index is -1.25. The van der Waals surface area contributed by atoms with Gasteiger partial charge in [0.05, 0.1) is 5.71 Å². The molecule has 5 nitrogen and oxygen atoms in total. The lowest BCUT2D eigenvalue weighted by atomic mass is 9.95. The summed E-state index contributed by atoms with van der Waals surface area (Å²) in [4.78, 5) is 18.1. The first-order valence-electron chi connectivity index (χ1n) is 9.72. The molecule has 3 aromatic rings. The molecule has 0 aromatic heterocycles. The zero-order valence-corrected chi connectivity index (χ0v) is 16.8. The summed E-state index contributed by atoms with van der Waals surface area (Å²) in [5.41, 5.74) is 0.435. The minimum Gasteiger partial charge on any atom is -0.489 e. The fourth-order valence-corrected chi connectivity index (χ4v) is 3.18. The first kappa shape index (κ1) is 20.5. The highest BCUT2D eigenvalue weighted by Gasteiger charge is 2.42. The van der Waals surface area contributed by atoms with Crippen LogP contribution in [-0.2, 0) is 16.2 Å². The number of hydrogen-bond acceptors (Lipinski definition) is 4. The van der Waals surface area contributed by atoms with Crippen LogP contribution in [0.1, 0.15) is 24.5 Å². The van der Waals surface area contributed by atoms with E-state index in [0.717, 1.165) is 0 Å². The van der Waals surface area contributed by atoms with Crippen molar-refractivity contribution in [3.63, 3.8) is 0 Å². The number of oxime groups is 1. The molecule has 0 saturated carbocycles. The molecule has 1 amide bonds. The first-order valence-corrected chi connectivity index (χ1v) is 9.72. The first-order chi connectivity index (χ1) is 14.9. The number of halogens is 2. The SMILES string of the molecule is CC1(C(=O)Nc2ccc(OCc3ccccc3F)cc2)CC(c2ccccc2F)=NO1. The molecule has 0 saturated heterocycles. The second kappa shape index (κ2) is 8.55. The Hall–Kier alpha value is -3.74. The third-order valence-corrected chi connectivity index (χ3v) is 4.99. The zero-order valence-electron chi connectivity index (χ0n) is 16.8. The summed E-state index contributed by atoms with van der Waals surface area (Å²) in [7, 11) is 0. The summed E-state index contributed by atoms with van der Waals surface area (Å²) in [6, 6.07) is 19.3. The minimum absolute atomic E-state index is 0.0977. The van der Waals surface area contributed by atoms with Crippen molar-refractivity contribution >= 4 is 17.3 Å². The van der Waals surface area contributed by atoms with Gasteiger partial charge in [0.25, 0.3) is 5.91 Å². The van der Waals surface area contributed by atoms with E-state index in [1.807, 2.05) is 0 Å². The van der Waals surface area contributed by atoms with Crippen molar-refractivity contribution in [2.45, 2.75) is 25.6 Å². The topological polar surface area (TPSA) is 59.9 Å². The molecule has 0 aliphatic carbocycles. The van der Waals surface area contributed by atoms with Crippen molar-refractivity contribution in [3.05, 3.63) is 95.6 Å². The van der Waals surface area contributed by atoms with Gasteiger partial charge in [-0.15, -0.1) is 0 Å². The number of amides is 1. The van der Waals surface area contributed by atoms with Crippen molar-refractivity contribution in [3.8, 4) is 5.75 Å². The Labute approximate surface area is 178 Å². The van der Waals surface area contributed by atoms with Crippen molar-refractivity contribution in [2.24, 2.45) is 5.16 Å². The van der Waals surface area contributed by atoms with Crippen LogP contribution in [0.2, 0.25) is 0 Å². The number of hydrogen-bond donors (Lipinski definition) is 1. The highest BCUT2D eigenvalue weighted by atomic mass is 19.1.